The van der Waals surface area contributed by atoms with Crippen molar-refractivity contribution in [3.05, 3.63) is 41.2 Å². The number of nitrogen functional groups attached to an aromatic ring is 1. The fourth-order valence-electron chi connectivity index (χ4n) is 2.01. The van der Waals surface area contributed by atoms with E-state index < -0.39 is 5.97 Å². The Labute approximate surface area is 115 Å². The van der Waals surface area contributed by atoms with E-state index in [0.29, 0.717) is 5.69 Å². The first-order valence-electron chi connectivity index (χ1n) is 5.78. The van der Waals surface area contributed by atoms with E-state index in [0.717, 1.165) is 5.56 Å². The number of carbonyl (C=O) groups is 1. The number of nitriles is 1. The topological polar surface area (TPSA) is 101 Å². The second kappa shape index (κ2) is 4.97. The molecule has 0 radical (unpaired) electrons. The van der Waals surface area contributed by atoms with Gasteiger partial charge in [0.05, 0.1) is 18.4 Å². The van der Waals surface area contributed by atoms with E-state index in [4.69, 9.17) is 15.7 Å². The van der Waals surface area contributed by atoms with Crippen LogP contribution < -0.4 is 5.73 Å². The first-order chi connectivity index (χ1) is 9.49. The average molecular weight is 271 g/mol. The Hall–Kier alpha value is -2.94. The third kappa shape index (κ3) is 2.06. The number of methoxy groups -OCH3 is 1. The highest BCUT2D eigenvalue weighted by molar-refractivity contribution is 5.96. The number of nitrogens with zero attached hydrogens (tertiary/aromatic N) is 2. The first kappa shape index (κ1) is 13.5. The van der Waals surface area contributed by atoms with Gasteiger partial charge in [0.1, 0.15) is 11.8 Å². The van der Waals surface area contributed by atoms with E-state index in [1.165, 1.54) is 23.9 Å². The zero-order valence-electron chi connectivity index (χ0n) is 11.0. The molecule has 0 bridgehead atoms. The van der Waals surface area contributed by atoms with Gasteiger partial charge in [-0.2, -0.15) is 5.26 Å². The van der Waals surface area contributed by atoms with E-state index in [-0.39, 0.29) is 22.7 Å². The molecule has 102 valence electrons. The van der Waals surface area contributed by atoms with Crippen molar-refractivity contribution in [2.75, 3.05) is 12.8 Å². The number of ether oxygens (including phenoxy) is 1. The van der Waals surface area contributed by atoms with Gasteiger partial charge in [0.15, 0.2) is 5.69 Å². The molecule has 0 unspecified atom stereocenters. The van der Waals surface area contributed by atoms with Gasteiger partial charge in [-0.1, -0.05) is 0 Å². The number of hydrogen-bond acceptors (Lipinski definition) is 5. The number of carbonyl (C=O) groups excluding carboxylic acids is 1. The summed E-state index contributed by atoms with van der Waals surface area (Å²) in [5.74, 6) is -0.511. The smallest absolute Gasteiger partial charge is 0.357 e. The third-order valence-corrected chi connectivity index (χ3v) is 2.98. The van der Waals surface area contributed by atoms with Crippen LogP contribution in [0.3, 0.4) is 0 Å². The minimum absolute atomic E-state index is 0.0758. The molecule has 1 aromatic carbocycles. The number of aryl methyl sites for hydroxylation is 1. The van der Waals surface area contributed by atoms with Gasteiger partial charge < -0.3 is 20.1 Å². The van der Waals surface area contributed by atoms with Gasteiger partial charge in [-0.05, 0) is 30.7 Å². The van der Waals surface area contributed by atoms with Crippen LogP contribution in [0.1, 0.15) is 21.6 Å². The summed E-state index contributed by atoms with van der Waals surface area (Å²) < 4.78 is 6.20. The highest BCUT2D eigenvalue weighted by Gasteiger charge is 2.22. The number of benzene rings is 1. The summed E-state index contributed by atoms with van der Waals surface area (Å²) >= 11 is 0. The first-order valence-corrected chi connectivity index (χ1v) is 5.78. The molecule has 0 atom stereocenters. The largest absolute Gasteiger partial charge is 0.508 e. The minimum Gasteiger partial charge on any atom is -0.508 e. The van der Waals surface area contributed by atoms with Crippen molar-refractivity contribution in [3.63, 3.8) is 0 Å². The van der Waals surface area contributed by atoms with Crippen LogP contribution in [0.15, 0.2) is 24.4 Å². The number of esters is 1. The molecule has 6 nitrogen and oxygen atoms in total. The Balaban J connectivity index is 2.74. The van der Waals surface area contributed by atoms with Gasteiger partial charge in [0, 0.05) is 11.9 Å². The lowest BCUT2D eigenvalue weighted by Crippen LogP contribution is -2.11. The number of rotatable bonds is 2. The van der Waals surface area contributed by atoms with E-state index in [9.17, 15) is 9.90 Å². The Morgan fingerprint density at radius 3 is 2.75 bits per heavy atom. The average Bonchev–Trinajstić information content (AvgIpc) is 2.74. The maximum absolute atomic E-state index is 11.9. The van der Waals surface area contributed by atoms with Crippen LogP contribution in [-0.2, 0) is 4.74 Å². The molecule has 0 aliphatic heterocycles. The van der Waals surface area contributed by atoms with Crippen LogP contribution in [-0.4, -0.2) is 22.8 Å². The molecule has 20 heavy (non-hydrogen) atoms. The summed E-state index contributed by atoms with van der Waals surface area (Å²) in [5, 5.41) is 18.5. The highest BCUT2D eigenvalue weighted by Crippen LogP contribution is 2.27. The lowest BCUT2D eigenvalue weighted by atomic mass is 10.2. The summed E-state index contributed by atoms with van der Waals surface area (Å²) in [5.41, 5.74) is 7.55. The van der Waals surface area contributed by atoms with Crippen molar-refractivity contribution in [1.29, 1.82) is 5.26 Å². The third-order valence-electron chi connectivity index (χ3n) is 2.98. The van der Waals surface area contributed by atoms with E-state index in [1.54, 1.807) is 19.1 Å². The molecule has 0 amide bonds. The molecule has 6 heteroatoms. The van der Waals surface area contributed by atoms with Crippen molar-refractivity contribution in [2.24, 2.45) is 0 Å². The Bertz CT molecular complexity index is 726. The summed E-state index contributed by atoms with van der Waals surface area (Å²) in [6, 6.07) is 6.62. The molecule has 3 N–H and O–H groups in total. The van der Waals surface area contributed by atoms with Gasteiger partial charge >= 0.3 is 5.97 Å². The highest BCUT2D eigenvalue weighted by atomic mass is 16.5. The predicted octanol–water partition coefficient (Wildman–Crippen LogP) is 1.73. The fraction of sp³-hybridized carbons (Fsp3) is 0.143. The summed E-state index contributed by atoms with van der Waals surface area (Å²) in [6.45, 7) is 1.78. The monoisotopic (exact) mass is 271 g/mol. The normalized spacial score (nSPS) is 10.1. The zero-order chi connectivity index (χ0) is 14.9. The molecule has 0 aliphatic carbocycles. The number of phenols is 1. The molecule has 1 aromatic heterocycles. The summed E-state index contributed by atoms with van der Waals surface area (Å²) in [4.78, 5) is 11.9. The fourth-order valence-corrected chi connectivity index (χ4v) is 2.01. The van der Waals surface area contributed by atoms with Crippen LogP contribution in [0, 0.1) is 18.3 Å². The minimum atomic E-state index is -0.628. The van der Waals surface area contributed by atoms with Crippen LogP contribution in [0.2, 0.25) is 0 Å². The number of aromatic nitrogens is 1. The molecule has 0 saturated carbocycles. The number of hydrogen-bond donors (Lipinski definition) is 2. The van der Waals surface area contributed by atoms with Crippen molar-refractivity contribution in [1.82, 2.24) is 4.57 Å². The van der Waals surface area contributed by atoms with E-state index >= 15 is 0 Å². The lowest BCUT2D eigenvalue weighted by molar-refractivity contribution is 0.0593. The van der Waals surface area contributed by atoms with Crippen molar-refractivity contribution in [3.8, 4) is 17.5 Å². The Morgan fingerprint density at radius 1 is 1.50 bits per heavy atom. The molecule has 0 spiro atoms. The van der Waals surface area contributed by atoms with Crippen LogP contribution >= 0.6 is 0 Å². The predicted molar refractivity (Wildman–Crippen MR) is 72.6 cm³/mol. The van der Waals surface area contributed by atoms with Crippen molar-refractivity contribution < 1.29 is 14.6 Å². The van der Waals surface area contributed by atoms with Crippen molar-refractivity contribution >= 4 is 11.7 Å². The molecular formula is C14H13N3O3. The molecule has 0 fully saturated rings. The second-order valence-corrected chi connectivity index (χ2v) is 4.25. The molecule has 1 heterocycles. The number of anilines is 1. The lowest BCUT2D eigenvalue weighted by Gasteiger charge is -2.11. The molecule has 2 rings (SSSR count). The maximum Gasteiger partial charge on any atom is 0.357 e. The van der Waals surface area contributed by atoms with Crippen LogP contribution in [0.5, 0.6) is 5.75 Å². The van der Waals surface area contributed by atoms with Gasteiger partial charge in [-0.3, -0.25) is 0 Å². The van der Waals surface area contributed by atoms with Gasteiger partial charge in [0.2, 0.25) is 0 Å². The number of nitrogens with two attached hydrogens (primary N) is 1. The number of aromatic hydroxyl groups is 1. The van der Waals surface area contributed by atoms with Crippen molar-refractivity contribution in [2.45, 2.75) is 6.92 Å². The second-order valence-electron chi connectivity index (χ2n) is 4.25. The summed E-state index contributed by atoms with van der Waals surface area (Å²) in [7, 11) is 1.24. The number of phenolic OH excluding ortho intramolecular Hbond substituents is 1. The standard InChI is InChI=1S/C14H13N3O3/c1-8-5-10(18)3-4-11(8)17-7-9(6-15)12(16)13(17)14(19)20-2/h3-5,7,18H,16H2,1-2H3. The van der Waals surface area contributed by atoms with E-state index in [1.807, 2.05) is 6.07 Å². The SMILES string of the molecule is COC(=O)c1c(N)c(C#N)cn1-c1ccc(O)cc1C. The van der Waals surface area contributed by atoms with Crippen LogP contribution in [0.25, 0.3) is 5.69 Å². The molecule has 0 saturated heterocycles. The molecule has 0 aliphatic rings. The molecule has 2 aromatic rings. The van der Waals surface area contributed by atoms with E-state index in [2.05, 4.69) is 0 Å². The molecular weight excluding hydrogens is 258 g/mol. The van der Waals surface area contributed by atoms with Gasteiger partial charge in [-0.15, -0.1) is 0 Å². The Kier molecular flexibility index (Phi) is 3.36. The quantitative estimate of drug-likeness (QED) is 0.810. The Morgan fingerprint density at radius 2 is 2.20 bits per heavy atom. The summed E-state index contributed by atoms with van der Waals surface area (Å²) in [6.07, 6.45) is 1.47. The maximum atomic E-state index is 11.9. The van der Waals surface area contributed by atoms with Gasteiger partial charge in [-0.25, -0.2) is 4.79 Å². The zero-order valence-corrected chi connectivity index (χ0v) is 11.0. The van der Waals surface area contributed by atoms with Crippen LogP contribution in [0.4, 0.5) is 5.69 Å². The van der Waals surface area contributed by atoms with Gasteiger partial charge in [0.25, 0.3) is 0 Å².